The van der Waals surface area contributed by atoms with Gasteiger partial charge in [-0.2, -0.15) is 0 Å². The number of methoxy groups -OCH3 is 1. The Morgan fingerprint density at radius 2 is 2.04 bits per heavy atom. The molecule has 4 rings (SSSR count). The lowest BCUT2D eigenvalue weighted by Crippen LogP contribution is -2.62. The van der Waals surface area contributed by atoms with Gasteiger partial charge in [-0.1, -0.05) is 16.6 Å². The summed E-state index contributed by atoms with van der Waals surface area (Å²) in [6.45, 7) is 1.45. The van der Waals surface area contributed by atoms with Crippen LogP contribution < -0.4 is 9.64 Å². The molecule has 1 atom stereocenters. The molecule has 1 saturated heterocycles. The molecule has 26 heavy (non-hydrogen) atoms. The van der Waals surface area contributed by atoms with Crippen LogP contribution in [0.2, 0.25) is 5.02 Å². The van der Waals surface area contributed by atoms with E-state index in [4.69, 9.17) is 16.3 Å². The Kier molecular flexibility index (Phi) is 3.87. The number of hydrogen-bond acceptors (Lipinski definition) is 5. The van der Waals surface area contributed by atoms with E-state index >= 15 is 0 Å². The summed E-state index contributed by atoms with van der Waals surface area (Å²) in [6, 6.07) is 4.60. The average Bonchev–Trinajstić information content (AvgIpc) is 3.04. The predicted octanol–water partition coefficient (Wildman–Crippen LogP) is 1.23. The Morgan fingerprint density at radius 3 is 2.73 bits per heavy atom. The van der Waals surface area contributed by atoms with Gasteiger partial charge in [0.25, 0.3) is 5.91 Å². The molecule has 0 saturated carbocycles. The van der Waals surface area contributed by atoms with Gasteiger partial charge in [0.05, 0.1) is 25.2 Å². The van der Waals surface area contributed by atoms with Crippen LogP contribution in [0, 0.1) is 0 Å². The number of carbonyl (C=O) groups is 2. The summed E-state index contributed by atoms with van der Waals surface area (Å²) >= 11 is 6.27. The largest absolute Gasteiger partial charge is 0.495 e. The number of rotatable bonds is 2. The third kappa shape index (κ3) is 2.28. The smallest absolute Gasteiger partial charge is 0.397 e. The lowest BCUT2D eigenvalue weighted by molar-refractivity contribution is -0.539. The maximum atomic E-state index is 12.7. The van der Waals surface area contributed by atoms with Crippen LogP contribution in [-0.2, 0) is 4.79 Å². The van der Waals surface area contributed by atoms with E-state index in [1.807, 2.05) is 21.6 Å². The average molecular weight is 377 g/mol. The number of anilines is 1. The number of guanidine groups is 1. The molecular formula is C17H19ClN5O3+. The maximum absolute atomic E-state index is 12.7. The van der Waals surface area contributed by atoms with Gasteiger partial charge < -0.3 is 4.74 Å². The van der Waals surface area contributed by atoms with Gasteiger partial charge in [-0.25, -0.2) is 14.3 Å². The molecule has 8 nitrogen and oxygen atoms in total. The van der Waals surface area contributed by atoms with Crippen molar-refractivity contribution in [1.82, 2.24) is 9.80 Å². The first-order valence-corrected chi connectivity index (χ1v) is 8.70. The molecule has 0 bridgehead atoms. The molecule has 3 amide bonds. The van der Waals surface area contributed by atoms with Crippen LogP contribution in [0.5, 0.6) is 5.75 Å². The number of fused-ring (bicyclic) bond motifs is 2. The van der Waals surface area contributed by atoms with E-state index in [0.717, 1.165) is 23.6 Å². The highest BCUT2D eigenvalue weighted by Crippen LogP contribution is 2.31. The fourth-order valence-electron chi connectivity index (χ4n) is 3.60. The molecule has 1 fully saturated rings. The number of urea groups is 1. The van der Waals surface area contributed by atoms with Gasteiger partial charge in [0.15, 0.2) is 0 Å². The van der Waals surface area contributed by atoms with E-state index in [2.05, 4.69) is 4.99 Å². The van der Waals surface area contributed by atoms with Gasteiger partial charge in [-0.3, -0.25) is 14.6 Å². The van der Waals surface area contributed by atoms with E-state index < -0.39 is 6.04 Å². The number of hydrogen-bond donors (Lipinski definition) is 0. The number of ether oxygens (including phenoxy) is 1. The number of amidine groups is 1. The molecule has 3 aliphatic rings. The van der Waals surface area contributed by atoms with E-state index in [1.54, 1.807) is 20.2 Å². The predicted molar refractivity (Wildman–Crippen MR) is 97.3 cm³/mol. The summed E-state index contributed by atoms with van der Waals surface area (Å²) in [5, 5.41) is 0.508. The Balaban J connectivity index is 1.78. The zero-order valence-electron chi connectivity index (χ0n) is 14.8. The van der Waals surface area contributed by atoms with Crippen LogP contribution >= 0.6 is 11.6 Å². The van der Waals surface area contributed by atoms with Crippen molar-refractivity contribution < 1.29 is 18.9 Å². The minimum absolute atomic E-state index is 0.253. The molecule has 136 valence electrons. The Labute approximate surface area is 155 Å². The molecule has 0 spiro atoms. The normalized spacial score (nSPS) is 22.5. The summed E-state index contributed by atoms with van der Waals surface area (Å²) in [7, 11) is 4.71. The number of imide groups is 1. The highest BCUT2D eigenvalue weighted by molar-refractivity contribution is 6.32. The van der Waals surface area contributed by atoms with Crippen molar-refractivity contribution >= 4 is 41.0 Å². The highest BCUT2D eigenvalue weighted by Gasteiger charge is 2.53. The van der Waals surface area contributed by atoms with Crippen molar-refractivity contribution in [1.29, 1.82) is 0 Å². The molecular weight excluding hydrogens is 358 g/mol. The van der Waals surface area contributed by atoms with Crippen molar-refractivity contribution in [3.8, 4) is 5.75 Å². The zero-order chi connectivity index (χ0) is 18.6. The van der Waals surface area contributed by atoms with Crippen LogP contribution in [0.1, 0.15) is 6.42 Å². The minimum Gasteiger partial charge on any atom is -0.495 e. The molecule has 1 aromatic carbocycles. The first kappa shape index (κ1) is 16.8. The summed E-state index contributed by atoms with van der Waals surface area (Å²) in [5.74, 6) is 1.49. The van der Waals surface area contributed by atoms with Crippen molar-refractivity contribution in [2.24, 2.45) is 4.99 Å². The number of aliphatic imine (C=N–C) groups is 1. The molecule has 1 unspecified atom stereocenters. The number of amides is 3. The number of benzene rings is 1. The number of carbonyl (C=O) groups excluding carboxylic acids is 2. The van der Waals surface area contributed by atoms with Gasteiger partial charge in [0.1, 0.15) is 11.4 Å². The number of nitrogens with zero attached hydrogens (tertiary/aromatic N) is 5. The van der Waals surface area contributed by atoms with Gasteiger partial charge in [-0.05, 0) is 18.2 Å². The number of halogens is 1. The molecule has 3 aliphatic heterocycles. The van der Waals surface area contributed by atoms with E-state index in [1.165, 1.54) is 11.9 Å². The van der Waals surface area contributed by atoms with E-state index in [-0.39, 0.29) is 11.9 Å². The van der Waals surface area contributed by atoms with Crippen LogP contribution in [0.3, 0.4) is 0 Å². The monoisotopic (exact) mass is 376 g/mol. The third-order valence-corrected chi connectivity index (χ3v) is 5.27. The first-order chi connectivity index (χ1) is 12.4. The van der Waals surface area contributed by atoms with Crippen LogP contribution in [-0.4, -0.2) is 78.4 Å². The molecule has 0 aromatic heterocycles. The quantitative estimate of drug-likeness (QED) is 0.728. The van der Waals surface area contributed by atoms with Gasteiger partial charge in [0.2, 0.25) is 11.9 Å². The van der Waals surface area contributed by atoms with Crippen molar-refractivity contribution in [3.63, 3.8) is 0 Å². The van der Waals surface area contributed by atoms with Crippen LogP contribution in [0.4, 0.5) is 10.5 Å². The summed E-state index contributed by atoms with van der Waals surface area (Å²) in [4.78, 5) is 34.2. The topological polar surface area (TPSA) is 68.5 Å². The van der Waals surface area contributed by atoms with E-state index in [0.29, 0.717) is 29.1 Å². The van der Waals surface area contributed by atoms with Crippen molar-refractivity contribution in [2.45, 2.75) is 12.5 Å². The highest BCUT2D eigenvalue weighted by atomic mass is 35.5. The van der Waals surface area contributed by atoms with E-state index in [9.17, 15) is 9.59 Å². The second-order valence-corrected chi connectivity index (χ2v) is 6.84. The second-order valence-electron chi connectivity index (χ2n) is 6.43. The Morgan fingerprint density at radius 1 is 1.27 bits per heavy atom. The maximum Gasteiger partial charge on any atom is 0.397 e. The molecule has 1 aromatic rings. The molecule has 0 aliphatic carbocycles. The molecule has 0 radical (unpaired) electrons. The lowest BCUT2D eigenvalue weighted by Gasteiger charge is -2.32. The molecule has 0 N–H and O–H groups in total. The lowest BCUT2D eigenvalue weighted by atomic mass is 10.1. The Hall–Kier alpha value is -2.61. The number of likely N-dealkylation sites (N-methyl/N-ethyl adjacent to an activating group) is 2. The summed E-state index contributed by atoms with van der Waals surface area (Å²) in [6.07, 6.45) is 0.862. The minimum atomic E-state index is -0.561. The standard InChI is InChI=1S/C17H19ClN5O3/c1-20-14-13(15(24)21(2)17(20)25)23-8-4-7-22(16(23)19-14)10-5-6-12(26-3)11(18)9-10/h5-6,9,13H,4,7-8H2,1-3H3/q+1. The first-order valence-electron chi connectivity index (χ1n) is 8.32. The fourth-order valence-corrected chi connectivity index (χ4v) is 3.85. The second kappa shape index (κ2) is 5.98. The molecule has 3 heterocycles. The van der Waals surface area contributed by atoms with Crippen LogP contribution in [0.15, 0.2) is 23.2 Å². The Bertz CT molecular complexity index is 881. The van der Waals surface area contributed by atoms with Gasteiger partial charge in [-0.15, -0.1) is 0 Å². The van der Waals surface area contributed by atoms with Gasteiger partial charge >= 0.3 is 12.0 Å². The van der Waals surface area contributed by atoms with Crippen molar-refractivity contribution in [2.75, 3.05) is 39.2 Å². The van der Waals surface area contributed by atoms with Crippen LogP contribution in [0.25, 0.3) is 0 Å². The third-order valence-electron chi connectivity index (χ3n) is 4.98. The van der Waals surface area contributed by atoms with Gasteiger partial charge in [0, 0.05) is 20.5 Å². The SMILES string of the molecule is COc1ccc(N2CCC[N+]3=C2N=C2C3C(=O)N(C)C(=O)N2C)cc1Cl. The summed E-state index contributed by atoms with van der Waals surface area (Å²) in [5.41, 5.74) is 0.869. The zero-order valence-corrected chi connectivity index (χ0v) is 15.5. The summed E-state index contributed by atoms with van der Waals surface area (Å²) < 4.78 is 7.17. The molecule has 9 heteroatoms. The van der Waals surface area contributed by atoms with Crippen molar-refractivity contribution in [3.05, 3.63) is 23.2 Å². The fraction of sp³-hybridized carbons (Fsp3) is 0.412.